The normalized spacial score (nSPS) is 10.7. The average molecular weight is 311 g/mol. The number of nitrogens with zero attached hydrogens (tertiary/aromatic N) is 3. The van der Waals surface area contributed by atoms with E-state index in [0.717, 1.165) is 29.1 Å². The minimum Gasteiger partial charge on any atom is -0.326 e. The zero-order chi connectivity index (χ0) is 16.2. The summed E-state index contributed by atoms with van der Waals surface area (Å²) in [5, 5.41) is 0. The van der Waals surface area contributed by atoms with Gasteiger partial charge in [-0.25, -0.2) is 4.98 Å². The highest BCUT2D eigenvalue weighted by molar-refractivity contribution is 5.78. The first-order chi connectivity index (χ1) is 11.9. The van der Waals surface area contributed by atoms with Crippen LogP contribution in [0.5, 0.6) is 0 Å². The average Bonchev–Trinajstić information content (AvgIpc) is 3.07. The third kappa shape index (κ3) is 2.84. The van der Waals surface area contributed by atoms with Gasteiger partial charge in [0.1, 0.15) is 0 Å². The molecule has 3 heteroatoms. The van der Waals surface area contributed by atoms with Gasteiger partial charge in [-0.15, -0.1) is 0 Å². The van der Waals surface area contributed by atoms with Gasteiger partial charge in [0.25, 0.3) is 0 Å². The third-order valence-corrected chi connectivity index (χ3v) is 4.03. The van der Waals surface area contributed by atoms with Gasteiger partial charge in [-0.1, -0.05) is 60.7 Å². The van der Waals surface area contributed by atoms with Crippen LogP contribution in [-0.2, 0) is 6.54 Å². The monoisotopic (exact) mass is 311 g/mol. The van der Waals surface area contributed by atoms with Crippen molar-refractivity contribution in [3.63, 3.8) is 0 Å². The second-order valence-corrected chi connectivity index (χ2v) is 5.66. The van der Waals surface area contributed by atoms with Crippen molar-refractivity contribution in [2.45, 2.75) is 6.54 Å². The Labute approximate surface area is 141 Å². The Morgan fingerprint density at radius 1 is 0.708 bits per heavy atom. The molecule has 0 saturated carbocycles. The molecular weight excluding hydrogens is 294 g/mol. The van der Waals surface area contributed by atoms with Crippen LogP contribution in [-0.4, -0.2) is 14.5 Å². The van der Waals surface area contributed by atoms with Crippen molar-refractivity contribution < 1.29 is 0 Å². The first kappa shape index (κ1) is 14.4. The van der Waals surface area contributed by atoms with Crippen LogP contribution >= 0.6 is 0 Å². The Kier molecular flexibility index (Phi) is 3.90. The summed E-state index contributed by atoms with van der Waals surface area (Å²) in [6.45, 7) is 0.790. The lowest BCUT2D eigenvalue weighted by atomic mass is 10.1. The van der Waals surface area contributed by atoms with Crippen LogP contribution in [0.4, 0.5) is 0 Å². The maximum absolute atomic E-state index is 4.70. The highest BCUT2D eigenvalue weighted by Gasteiger charge is 2.14. The van der Waals surface area contributed by atoms with Crippen molar-refractivity contribution in [3.8, 4) is 22.5 Å². The van der Waals surface area contributed by atoms with E-state index >= 15 is 0 Å². The fourth-order valence-electron chi connectivity index (χ4n) is 2.90. The third-order valence-electron chi connectivity index (χ3n) is 4.03. The van der Waals surface area contributed by atoms with Gasteiger partial charge in [0.2, 0.25) is 0 Å². The SMILES string of the molecule is c1ccc(Cn2cnc(-c3ccccc3)c2-c2ccncc2)cc1. The molecule has 0 N–H and O–H groups in total. The van der Waals surface area contributed by atoms with E-state index in [0.29, 0.717) is 0 Å². The minimum absolute atomic E-state index is 0.790. The summed E-state index contributed by atoms with van der Waals surface area (Å²) in [5.41, 5.74) is 5.61. The molecule has 0 atom stereocenters. The number of hydrogen-bond acceptors (Lipinski definition) is 2. The Hall–Kier alpha value is -3.20. The number of imidazole rings is 1. The highest BCUT2D eigenvalue weighted by Crippen LogP contribution is 2.31. The van der Waals surface area contributed by atoms with Crippen molar-refractivity contribution in [3.05, 3.63) is 97.1 Å². The molecule has 0 aliphatic rings. The van der Waals surface area contributed by atoms with Crippen molar-refractivity contribution in [2.24, 2.45) is 0 Å². The molecule has 0 unspecified atom stereocenters. The topological polar surface area (TPSA) is 30.7 Å². The van der Waals surface area contributed by atoms with Crippen LogP contribution < -0.4 is 0 Å². The van der Waals surface area contributed by atoms with E-state index in [2.05, 4.69) is 45.9 Å². The van der Waals surface area contributed by atoms with Crippen LogP contribution in [0.3, 0.4) is 0 Å². The van der Waals surface area contributed by atoms with Crippen LogP contribution in [0, 0.1) is 0 Å². The van der Waals surface area contributed by atoms with E-state index in [4.69, 9.17) is 4.98 Å². The number of benzene rings is 2. The Balaban J connectivity index is 1.84. The van der Waals surface area contributed by atoms with Gasteiger partial charge in [0.15, 0.2) is 0 Å². The fraction of sp³-hybridized carbons (Fsp3) is 0.0476. The summed E-state index contributed by atoms with van der Waals surface area (Å²) in [4.78, 5) is 8.84. The van der Waals surface area contributed by atoms with Crippen LogP contribution in [0.1, 0.15) is 5.56 Å². The lowest BCUT2D eigenvalue weighted by Gasteiger charge is -2.11. The maximum Gasteiger partial charge on any atom is 0.0963 e. The molecule has 0 aliphatic heterocycles. The molecule has 0 spiro atoms. The lowest BCUT2D eigenvalue weighted by molar-refractivity contribution is 0.805. The molecule has 2 heterocycles. The lowest BCUT2D eigenvalue weighted by Crippen LogP contribution is -2.01. The summed E-state index contributed by atoms with van der Waals surface area (Å²) in [6, 6.07) is 24.8. The summed E-state index contributed by atoms with van der Waals surface area (Å²) >= 11 is 0. The van der Waals surface area contributed by atoms with Crippen LogP contribution in [0.15, 0.2) is 91.5 Å². The molecular formula is C21H17N3. The molecule has 0 radical (unpaired) electrons. The number of aromatic nitrogens is 3. The quantitative estimate of drug-likeness (QED) is 0.549. The van der Waals surface area contributed by atoms with Gasteiger partial charge in [-0.05, 0) is 17.7 Å². The van der Waals surface area contributed by atoms with Gasteiger partial charge in [-0.2, -0.15) is 0 Å². The van der Waals surface area contributed by atoms with Crippen molar-refractivity contribution in [2.75, 3.05) is 0 Å². The molecule has 2 aromatic carbocycles. The summed E-state index contributed by atoms with van der Waals surface area (Å²) in [7, 11) is 0. The first-order valence-corrected chi connectivity index (χ1v) is 7.97. The Morgan fingerprint density at radius 3 is 2.08 bits per heavy atom. The molecule has 0 amide bonds. The molecule has 0 fully saturated rings. The first-order valence-electron chi connectivity index (χ1n) is 7.97. The Morgan fingerprint density at radius 2 is 1.38 bits per heavy atom. The fourth-order valence-corrected chi connectivity index (χ4v) is 2.90. The summed E-state index contributed by atoms with van der Waals surface area (Å²) in [5.74, 6) is 0. The minimum atomic E-state index is 0.790. The predicted molar refractivity (Wildman–Crippen MR) is 96.4 cm³/mol. The highest BCUT2D eigenvalue weighted by atomic mass is 15.1. The molecule has 116 valence electrons. The second kappa shape index (κ2) is 6.50. The molecule has 4 aromatic rings. The van der Waals surface area contributed by atoms with E-state index in [1.807, 2.05) is 55.1 Å². The molecule has 3 nitrogen and oxygen atoms in total. The van der Waals surface area contributed by atoms with E-state index in [1.165, 1.54) is 5.56 Å². The van der Waals surface area contributed by atoms with E-state index in [-0.39, 0.29) is 0 Å². The number of rotatable bonds is 4. The van der Waals surface area contributed by atoms with Crippen LogP contribution in [0.25, 0.3) is 22.5 Å². The zero-order valence-corrected chi connectivity index (χ0v) is 13.2. The zero-order valence-electron chi connectivity index (χ0n) is 13.2. The van der Waals surface area contributed by atoms with Gasteiger partial charge in [0, 0.05) is 30.1 Å². The molecule has 4 rings (SSSR count). The number of pyridine rings is 1. The van der Waals surface area contributed by atoms with Gasteiger partial charge in [0.05, 0.1) is 17.7 Å². The largest absolute Gasteiger partial charge is 0.326 e. The van der Waals surface area contributed by atoms with E-state index in [9.17, 15) is 0 Å². The number of hydrogen-bond donors (Lipinski definition) is 0. The van der Waals surface area contributed by atoms with Gasteiger partial charge < -0.3 is 4.57 Å². The van der Waals surface area contributed by atoms with E-state index in [1.54, 1.807) is 0 Å². The van der Waals surface area contributed by atoms with Crippen molar-refractivity contribution in [1.29, 1.82) is 0 Å². The molecule has 24 heavy (non-hydrogen) atoms. The predicted octanol–water partition coefficient (Wildman–Crippen LogP) is 4.66. The van der Waals surface area contributed by atoms with Crippen LogP contribution in [0.2, 0.25) is 0 Å². The molecule has 0 saturated heterocycles. The van der Waals surface area contributed by atoms with Crippen molar-refractivity contribution in [1.82, 2.24) is 14.5 Å². The summed E-state index contributed by atoms with van der Waals surface area (Å²) < 4.78 is 2.20. The molecule has 2 aromatic heterocycles. The van der Waals surface area contributed by atoms with Gasteiger partial charge in [-0.3, -0.25) is 4.98 Å². The van der Waals surface area contributed by atoms with E-state index < -0.39 is 0 Å². The maximum atomic E-state index is 4.70. The summed E-state index contributed by atoms with van der Waals surface area (Å²) in [6.07, 6.45) is 5.57. The smallest absolute Gasteiger partial charge is 0.0963 e. The van der Waals surface area contributed by atoms with Gasteiger partial charge >= 0.3 is 0 Å². The second-order valence-electron chi connectivity index (χ2n) is 5.66. The molecule has 0 bridgehead atoms. The van der Waals surface area contributed by atoms with Crippen molar-refractivity contribution >= 4 is 0 Å². The Bertz CT molecular complexity index is 913. The standard InChI is InChI=1S/C21H17N3/c1-3-7-17(8-4-1)15-24-16-23-20(18-9-5-2-6-10-18)21(24)19-11-13-22-14-12-19/h1-14,16H,15H2. The molecule has 0 aliphatic carbocycles.